The Morgan fingerprint density at radius 2 is 1.69 bits per heavy atom. The number of fused-ring (bicyclic) bond motifs is 1. The van der Waals surface area contributed by atoms with Gasteiger partial charge in [-0.3, -0.25) is 14.5 Å². The second-order valence-electron chi connectivity index (χ2n) is 7.97. The molecule has 5 nitrogen and oxygen atoms in total. The van der Waals surface area contributed by atoms with Gasteiger partial charge in [-0.05, 0) is 60.0 Å². The molecule has 1 aliphatic rings. The molecule has 0 spiro atoms. The third kappa shape index (κ3) is 3.02. The van der Waals surface area contributed by atoms with Crippen LogP contribution in [0.5, 0.6) is 0 Å². The zero-order chi connectivity index (χ0) is 22.4. The van der Waals surface area contributed by atoms with Gasteiger partial charge in [0.1, 0.15) is 17.6 Å². The Hall–Kier alpha value is -4.12. The molecule has 1 fully saturated rings. The summed E-state index contributed by atoms with van der Waals surface area (Å²) in [6.45, 7) is 3.86. The Bertz CT molecular complexity index is 1400. The van der Waals surface area contributed by atoms with Crippen LogP contribution in [0.1, 0.15) is 28.5 Å². The molecule has 1 atom stereocenters. The highest BCUT2D eigenvalue weighted by Crippen LogP contribution is 2.43. The quantitative estimate of drug-likeness (QED) is 0.262. The van der Waals surface area contributed by atoms with E-state index < -0.39 is 17.7 Å². The molecule has 32 heavy (non-hydrogen) atoms. The average molecular weight is 423 g/mol. The lowest BCUT2D eigenvalue weighted by Gasteiger charge is -2.25. The molecule has 1 aromatic heterocycles. The third-order valence-corrected chi connectivity index (χ3v) is 6.12. The first-order chi connectivity index (χ1) is 15.5. The number of nitrogens with zero attached hydrogens (tertiary/aromatic N) is 1. The van der Waals surface area contributed by atoms with Crippen LogP contribution in [0.2, 0.25) is 0 Å². The maximum Gasteiger partial charge on any atom is 0.300 e. The number of carbonyl (C=O) groups excluding carboxylic acids is 2. The second-order valence-corrected chi connectivity index (χ2v) is 7.97. The predicted octanol–water partition coefficient (Wildman–Crippen LogP) is 5.68. The standard InChI is InChI=1S/C27H21NO4/c1-16-7-5-10-21(17(16)2)28-24(22-11-6-14-32-22)23(26(30)27(28)31)25(29)20-13-12-18-8-3-4-9-19(18)15-20/h3-15,24,29H,1-2H3/b25-23-. The number of aryl methyl sites for hydroxylation is 1. The lowest BCUT2D eigenvalue weighted by atomic mass is 9.97. The van der Waals surface area contributed by atoms with Gasteiger partial charge in [0.15, 0.2) is 0 Å². The number of carbonyl (C=O) groups is 2. The smallest absolute Gasteiger partial charge is 0.300 e. The van der Waals surface area contributed by atoms with Crippen molar-refractivity contribution in [2.75, 3.05) is 4.90 Å². The number of anilines is 1. The van der Waals surface area contributed by atoms with E-state index in [-0.39, 0.29) is 11.3 Å². The maximum absolute atomic E-state index is 13.2. The van der Waals surface area contributed by atoms with Crippen LogP contribution in [-0.4, -0.2) is 16.8 Å². The van der Waals surface area contributed by atoms with Crippen molar-refractivity contribution in [3.63, 3.8) is 0 Å². The summed E-state index contributed by atoms with van der Waals surface area (Å²) in [5.74, 6) is -1.24. The molecule has 0 radical (unpaired) electrons. The van der Waals surface area contributed by atoms with E-state index in [1.165, 1.54) is 11.2 Å². The highest BCUT2D eigenvalue weighted by molar-refractivity contribution is 6.51. The van der Waals surface area contributed by atoms with Gasteiger partial charge >= 0.3 is 0 Å². The van der Waals surface area contributed by atoms with E-state index in [9.17, 15) is 14.7 Å². The first-order valence-electron chi connectivity index (χ1n) is 10.4. The molecule has 4 aromatic rings. The molecular formula is C27H21NO4. The van der Waals surface area contributed by atoms with Gasteiger partial charge in [0.25, 0.3) is 11.7 Å². The van der Waals surface area contributed by atoms with Gasteiger partial charge in [0.2, 0.25) is 0 Å². The summed E-state index contributed by atoms with van der Waals surface area (Å²) in [6.07, 6.45) is 1.49. The number of ketones is 1. The molecule has 1 saturated heterocycles. The lowest BCUT2D eigenvalue weighted by molar-refractivity contribution is -0.132. The van der Waals surface area contributed by atoms with Crippen molar-refractivity contribution in [1.82, 2.24) is 0 Å². The van der Waals surface area contributed by atoms with Crippen LogP contribution in [0.15, 0.2) is 89.0 Å². The van der Waals surface area contributed by atoms with Gasteiger partial charge in [-0.25, -0.2) is 0 Å². The maximum atomic E-state index is 13.2. The van der Waals surface area contributed by atoms with Gasteiger partial charge in [0, 0.05) is 11.3 Å². The first-order valence-corrected chi connectivity index (χ1v) is 10.4. The lowest BCUT2D eigenvalue weighted by Crippen LogP contribution is -2.30. The summed E-state index contributed by atoms with van der Waals surface area (Å²) in [7, 11) is 0. The van der Waals surface area contributed by atoms with E-state index in [0.29, 0.717) is 17.0 Å². The summed E-state index contributed by atoms with van der Waals surface area (Å²) in [4.78, 5) is 27.9. The topological polar surface area (TPSA) is 70.8 Å². The van der Waals surface area contributed by atoms with Crippen molar-refractivity contribution in [2.45, 2.75) is 19.9 Å². The summed E-state index contributed by atoms with van der Waals surface area (Å²) in [5, 5.41) is 13.2. The number of aliphatic hydroxyl groups excluding tert-OH is 1. The molecule has 1 aliphatic heterocycles. The Morgan fingerprint density at radius 3 is 2.44 bits per heavy atom. The van der Waals surface area contributed by atoms with Crippen molar-refractivity contribution < 1.29 is 19.1 Å². The van der Waals surface area contributed by atoms with Gasteiger partial charge in [-0.15, -0.1) is 0 Å². The normalized spacial score (nSPS) is 17.9. The Balaban J connectivity index is 1.74. The van der Waals surface area contributed by atoms with Crippen LogP contribution in [0.4, 0.5) is 5.69 Å². The zero-order valence-corrected chi connectivity index (χ0v) is 17.7. The van der Waals surface area contributed by atoms with Crippen LogP contribution in [0.3, 0.4) is 0 Å². The molecule has 158 valence electrons. The van der Waals surface area contributed by atoms with Gasteiger partial charge in [0.05, 0.1) is 11.8 Å². The van der Waals surface area contributed by atoms with E-state index in [1.807, 2.05) is 62.4 Å². The second kappa shape index (κ2) is 7.54. The van der Waals surface area contributed by atoms with E-state index >= 15 is 0 Å². The monoisotopic (exact) mass is 423 g/mol. The molecule has 1 N–H and O–H groups in total. The number of Topliss-reactive ketones (excluding diaryl/α,β-unsaturated/α-hetero) is 1. The number of amides is 1. The van der Waals surface area contributed by atoms with Crippen molar-refractivity contribution in [1.29, 1.82) is 0 Å². The molecule has 5 heteroatoms. The molecular weight excluding hydrogens is 402 g/mol. The van der Waals surface area contributed by atoms with Crippen LogP contribution in [0, 0.1) is 13.8 Å². The van der Waals surface area contributed by atoms with Crippen LogP contribution in [0.25, 0.3) is 16.5 Å². The Labute approximate surface area is 185 Å². The highest BCUT2D eigenvalue weighted by atomic mass is 16.3. The summed E-state index contributed by atoms with van der Waals surface area (Å²) >= 11 is 0. The first kappa shape index (κ1) is 19.8. The number of benzene rings is 3. The fourth-order valence-corrected chi connectivity index (χ4v) is 4.29. The largest absolute Gasteiger partial charge is 0.507 e. The number of hydrogen-bond donors (Lipinski definition) is 1. The fraction of sp³-hybridized carbons (Fsp3) is 0.111. The predicted molar refractivity (Wildman–Crippen MR) is 123 cm³/mol. The summed E-state index contributed by atoms with van der Waals surface area (Å²) in [6, 6.07) is 21.4. The van der Waals surface area contributed by atoms with E-state index in [4.69, 9.17) is 4.42 Å². The highest BCUT2D eigenvalue weighted by Gasteiger charge is 2.48. The van der Waals surface area contributed by atoms with Crippen molar-refractivity contribution in [2.24, 2.45) is 0 Å². The summed E-state index contributed by atoms with van der Waals surface area (Å²) in [5.41, 5.74) is 2.99. The minimum atomic E-state index is -0.864. The van der Waals surface area contributed by atoms with E-state index in [2.05, 4.69) is 0 Å². The van der Waals surface area contributed by atoms with Crippen LogP contribution in [-0.2, 0) is 9.59 Å². The molecule has 1 amide bonds. The Morgan fingerprint density at radius 1 is 0.906 bits per heavy atom. The zero-order valence-electron chi connectivity index (χ0n) is 17.7. The van der Waals surface area contributed by atoms with Crippen molar-refractivity contribution >= 4 is 33.9 Å². The van der Waals surface area contributed by atoms with E-state index in [0.717, 1.165) is 21.9 Å². The summed E-state index contributed by atoms with van der Waals surface area (Å²) < 4.78 is 5.63. The van der Waals surface area contributed by atoms with Crippen molar-refractivity contribution in [3.05, 3.63) is 107 Å². The Kier molecular flexibility index (Phi) is 4.67. The molecule has 2 heterocycles. The SMILES string of the molecule is Cc1cccc(N2C(=O)C(=O)/C(=C(\O)c3ccc4ccccc4c3)C2c2ccco2)c1C. The fourth-order valence-electron chi connectivity index (χ4n) is 4.29. The molecule has 0 bridgehead atoms. The molecule has 0 aliphatic carbocycles. The van der Waals surface area contributed by atoms with Crippen LogP contribution >= 0.6 is 0 Å². The van der Waals surface area contributed by atoms with E-state index in [1.54, 1.807) is 24.3 Å². The molecule has 0 saturated carbocycles. The third-order valence-electron chi connectivity index (χ3n) is 6.12. The molecule has 5 rings (SSSR count). The van der Waals surface area contributed by atoms with Gasteiger partial charge in [-0.2, -0.15) is 0 Å². The minimum Gasteiger partial charge on any atom is -0.507 e. The number of hydrogen-bond acceptors (Lipinski definition) is 4. The average Bonchev–Trinajstić information content (AvgIpc) is 3.42. The van der Waals surface area contributed by atoms with Crippen LogP contribution < -0.4 is 4.90 Å². The molecule has 1 unspecified atom stereocenters. The van der Waals surface area contributed by atoms with Gasteiger partial charge < -0.3 is 9.52 Å². The number of rotatable bonds is 3. The number of furan rings is 1. The molecule has 3 aromatic carbocycles. The number of aliphatic hydroxyl groups is 1. The van der Waals surface area contributed by atoms with Crippen molar-refractivity contribution in [3.8, 4) is 0 Å². The van der Waals surface area contributed by atoms with Gasteiger partial charge in [-0.1, -0.05) is 48.5 Å². The minimum absolute atomic E-state index is 0.0149.